The third-order valence-electron chi connectivity index (χ3n) is 4.41. The van der Waals surface area contributed by atoms with Crippen LogP contribution in [0, 0.1) is 0 Å². The highest BCUT2D eigenvalue weighted by Crippen LogP contribution is 2.15. The smallest absolute Gasteiger partial charge is 0.280 e. The fourth-order valence-corrected chi connectivity index (χ4v) is 2.95. The van der Waals surface area contributed by atoms with Crippen molar-refractivity contribution in [3.63, 3.8) is 0 Å². The molecule has 0 aliphatic rings. The molecule has 0 spiro atoms. The minimum Gasteiger partial charge on any atom is -0.497 e. The molecule has 0 fully saturated rings. The molecule has 3 rings (SSSR count). The molecule has 2 aromatic heterocycles. The average molecular weight is 393 g/mol. The number of H-pyrrole nitrogens is 1. The van der Waals surface area contributed by atoms with Crippen molar-refractivity contribution < 1.29 is 9.53 Å². The summed E-state index contributed by atoms with van der Waals surface area (Å²) in [4.78, 5) is 29.2. The Labute approximate surface area is 168 Å². The van der Waals surface area contributed by atoms with Crippen LogP contribution in [0.3, 0.4) is 0 Å². The number of amides is 1. The van der Waals surface area contributed by atoms with E-state index in [1.54, 1.807) is 56.6 Å². The van der Waals surface area contributed by atoms with Crippen molar-refractivity contribution in [3.8, 4) is 11.4 Å². The number of hydrogen-bond donors (Lipinski definition) is 2. The molecule has 8 nitrogen and oxygen atoms in total. The number of nitrogens with zero attached hydrogens (tertiary/aromatic N) is 3. The van der Waals surface area contributed by atoms with E-state index in [2.05, 4.69) is 20.6 Å². The molecule has 0 aliphatic heterocycles. The molecule has 1 amide bonds. The zero-order valence-electron chi connectivity index (χ0n) is 16.6. The number of hydrazone groups is 1. The predicted octanol–water partition coefficient (Wildman–Crippen LogP) is 2.68. The highest BCUT2D eigenvalue weighted by Gasteiger charge is 2.18. The Hall–Kier alpha value is -3.68. The number of aromatic amines is 1. The molecule has 1 aromatic carbocycles. The molecule has 0 saturated carbocycles. The number of ether oxygens (including phenoxy) is 1. The topological polar surface area (TPSA) is 101 Å². The van der Waals surface area contributed by atoms with Gasteiger partial charge in [-0.25, -0.2) is 10.1 Å². The van der Waals surface area contributed by atoms with E-state index in [9.17, 15) is 9.59 Å². The Morgan fingerprint density at radius 1 is 1.28 bits per heavy atom. The van der Waals surface area contributed by atoms with Crippen LogP contribution in [0.5, 0.6) is 5.75 Å². The largest absolute Gasteiger partial charge is 0.497 e. The summed E-state index contributed by atoms with van der Waals surface area (Å²) in [6.45, 7) is 3.73. The third kappa shape index (κ3) is 4.43. The molecule has 0 saturated heterocycles. The van der Waals surface area contributed by atoms with Crippen LogP contribution in [0.1, 0.15) is 41.9 Å². The number of benzene rings is 1. The summed E-state index contributed by atoms with van der Waals surface area (Å²) < 4.78 is 6.64. The van der Waals surface area contributed by atoms with E-state index in [-0.39, 0.29) is 11.5 Å². The van der Waals surface area contributed by atoms with E-state index in [4.69, 9.17) is 4.74 Å². The molecule has 3 aromatic rings. The molecule has 150 valence electrons. The second-order valence-electron chi connectivity index (χ2n) is 6.43. The molecular formula is C21H23N5O3. The van der Waals surface area contributed by atoms with Crippen molar-refractivity contribution in [1.29, 1.82) is 0 Å². The molecule has 2 heterocycles. The quantitative estimate of drug-likeness (QED) is 0.476. The van der Waals surface area contributed by atoms with Gasteiger partial charge in [0.2, 0.25) is 0 Å². The lowest BCUT2D eigenvalue weighted by molar-refractivity contribution is 0.0954. The minimum atomic E-state index is -0.388. The third-order valence-corrected chi connectivity index (χ3v) is 4.41. The number of carbonyl (C=O) groups excluding carboxylic acids is 1. The lowest BCUT2D eigenvalue weighted by atomic mass is 10.1. The maximum Gasteiger partial charge on any atom is 0.280 e. The van der Waals surface area contributed by atoms with E-state index in [0.717, 1.165) is 12.1 Å². The average Bonchev–Trinajstić information content (AvgIpc) is 3.08. The molecule has 0 unspecified atom stereocenters. The first kappa shape index (κ1) is 20.1. The van der Waals surface area contributed by atoms with Gasteiger partial charge in [0.15, 0.2) is 0 Å². The highest BCUT2D eigenvalue weighted by molar-refractivity contribution is 6.01. The number of hydrogen-bond acceptors (Lipinski definition) is 5. The Morgan fingerprint density at radius 2 is 2.03 bits per heavy atom. The normalized spacial score (nSPS) is 11.3. The van der Waals surface area contributed by atoms with Crippen molar-refractivity contribution in [3.05, 3.63) is 76.0 Å². The second kappa shape index (κ2) is 9.01. The van der Waals surface area contributed by atoms with Gasteiger partial charge in [0, 0.05) is 18.1 Å². The van der Waals surface area contributed by atoms with Gasteiger partial charge in [-0.1, -0.05) is 13.3 Å². The molecule has 0 aliphatic carbocycles. The lowest BCUT2D eigenvalue weighted by Gasteiger charge is -2.03. The first-order valence-corrected chi connectivity index (χ1v) is 9.28. The number of aryl methyl sites for hydroxylation is 1. The van der Waals surface area contributed by atoms with E-state index >= 15 is 0 Å². The van der Waals surface area contributed by atoms with E-state index < -0.39 is 0 Å². The van der Waals surface area contributed by atoms with Gasteiger partial charge in [0.05, 0.1) is 29.6 Å². The Bertz CT molecular complexity index is 1070. The number of pyridine rings is 1. The van der Waals surface area contributed by atoms with Gasteiger partial charge in [-0.3, -0.25) is 19.7 Å². The molecule has 0 radical (unpaired) electrons. The van der Waals surface area contributed by atoms with Gasteiger partial charge < -0.3 is 4.74 Å². The fraction of sp³-hybridized carbons (Fsp3) is 0.238. The standard InChI is InChI=1S/C21H23N5O3/c1-4-6-18-19(14(2)23-24-20(27)15-7-5-12-22-13-15)21(28)26(25-18)16-8-10-17(29-3)11-9-16/h5,7-13,25H,4,6H2,1-3H3,(H,24,27). The van der Waals surface area contributed by atoms with Crippen LogP contribution in [0.25, 0.3) is 5.69 Å². The van der Waals surface area contributed by atoms with Gasteiger partial charge in [0.25, 0.3) is 11.5 Å². The van der Waals surface area contributed by atoms with Crippen molar-refractivity contribution in [2.24, 2.45) is 5.10 Å². The van der Waals surface area contributed by atoms with Crippen LogP contribution in [0.2, 0.25) is 0 Å². The number of carbonyl (C=O) groups is 1. The SMILES string of the molecule is CCCc1[nH]n(-c2ccc(OC)cc2)c(=O)c1C(C)=NNC(=O)c1cccnc1. The Kier molecular flexibility index (Phi) is 6.23. The number of nitrogens with one attached hydrogen (secondary N) is 2. The summed E-state index contributed by atoms with van der Waals surface area (Å²) in [6.07, 6.45) is 4.57. The summed E-state index contributed by atoms with van der Waals surface area (Å²) in [6, 6.07) is 10.5. The zero-order chi connectivity index (χ0) is 20.8. The summed E-state index contributed by atoms with van der Waals surface area (Å²) in [5, 5.41) is 7.31. The van der Waals surface area contributed by atoms with Crippen LogP contribution >= 0.6 is 0 Å². The zero-order valence-corrected chi connectivity index (χ0v) is 16.6. The molecule has 29 heavy (non-hydrogen) atoms. The summed E-state index contributed by atoms with van der Waals surface area (Å²) >= 11 is 0. The summed E-state index contributed by atoms with van der Waals surface area (Å²) in [7, 11) is 1.59. The van der Waals surface area contributed by atoms with Crippen LogP contribution in [-0.4, -0.2) is 33.5 Å². The van der Waals surface area contributed by atoms with Crippen molar-refractivity contribution >= 4 is 11.6 Å². The van der Waals surface area contributed by atoms with Gasteiger partial charge in [-0.2, -0.15) is 5.10 Å². The fourth-order valence-electron chi connectivity index (χ4n) is 2.95. The maximum atomic E-state index is 13.1. The minimum absolute atomic E-state index is 0.226. The highest BCUT2D eigenvalue weighted by atomic mass is 16.5. The van der Waals surface area contributed by atoms with E-state index in [1.807, 2.05) is 6.92 Å². The van der Waals surface area contributed by atoms with Crippen LogP contribution in [0.4, 0.5) is 0 Å². The summed E-state index contributed by atoms with van der Waals surface area (Å²) in [5.74, 6) is 0.318. The second-order valence-corrected chi connectivity index (χ2v) is 6.43. The van der Waals surface area contributed by atoms with E-state index in [1.165, 1.54) is 10.9 Å². The summed E-state index contributed by atoms with van der Waals surface area (Å²) in [5.41, 5.74) is 4.99. The van der Waals surface area contributed by atoms with Gasteiger partial charge >= 0.3 is 0 Å². The Morgan fingerprint density at radius 3 is 2.66 bits per heavy atom. The van der Waals surface area contributed by atoms with Crippen molar-refractivity contribution in [2.45, 2.75) is 26.7 Å². The van der Waals surface area contributed by atoms with Crippen molar-refractivity contribution in [2.75, 3.05) is 7.11 Å². The Balaban J connectivity index is 1.93. The van der Waals surface area contributed by atoms with Crippen LogP contribution < -0.4 is 15.7 Å². The van der Waals surface area contributed by atoms with Gasteiger partial charge in [-0.05, 0) is 49.7 Å². The van der Waals surface area contributed by atoms with Gasteiger partial charge in [0.1, 0.15) is 5.75 Å². The first-order valence-electron chi connectivity index (χ1n) is 9.28. The molecule has 2 N–H and O–H groups in total. The van der Waals surface area contributed by atoms with E-state index in [0.29, 0.717) is 34.7 Å². The predicted molar refractivity (Wildman–Crippen MR) is 111 cm³/mol. The van der Waals surface area contributed by atoms with Gasteiger partial charge in [-0.15, -0.1) is 0 Å². The molecule has 0 bridgehead atoms. The monoisotopic (exact) mass is 393 g/mol. The number of aromatic nitrogens is 3. The molecule has 0 atom stereocenters. The molecular weight excluding hydrogens is 370 g/mol. The lowest BCUT2D eigenvalue weighted by Crippen LogP contribution is -2.23. The number of methoxy groups -OCH3 is 1. The van der Waals surface area contributed by atoms with Crippen molar-refractivity contribution in [1.82, 2.24) is 20.2 Å². The van der Waals surface area contributed by atoms with Crippen LogP contribution in [0.15, 0.2) is 58.7 Å². The first-order chi connectivity index (χ1) is 14.0. The number of rotatable bonds is 7. The van der Waals surface area contributed by atoms with Crippen LogP contribution in [-0.2, 0) is 6.42 Å². The maximum absolute atomic E-state index is 13.1. The molecule has 8 heteroatoms.